The van der Waals surface area contributed by atoms with Crippen molar-refractivity contribution in [1.82, 2.24) is 25.0 Å². The summed E-state index contributed by atoms with van der Waals surface area (Å²) in [6.07, 6.45) is 7.78. The second-order valence-corrected chi connectivity index (χ2v) is 5.07. The fourth-order valence-corrected chi connectivity index (χ4v) is 2.74. The van der Waals surface area contributed by atoms with Crippen LogP contribution in [0.15, 0.2) is 12.4 Å². The van der Waals surface area contributed by atoms with Crippen molar-refractivity contribution in [3.8, 4) is 0 Å². The molecule has 1 aliphatic rings. The quantitative estimate of drug-likeness (QED) is 0.804. The predicted molar refractivity (Wildman–Crippen MR) is 70.2 cm³/mol. The summed E-state index contributed by atoms with van der Waals surface area (Å²) in [6, 6.07) is -0.119. The van der Waals surface area contributed by atoms with Crippen molar-refractivity contribution < 1.29 is 9.90 Å². The number of carboxylic acid groups (broad SMARTS) is 1. The van der Waals surface area contributed by atoms with E-state index in [2.05, 4.69) is 25.8 Å². The van der Waals surface area contributed by atoms with Gasteiger partial charge in [0.15, 0.2) is 11.5 Å². The van der Waals surface area contributed by atoms with Gasteiger partial charge in [-0.3, -0.25) is 9.78 Å². The van der Waals surface area contributed by atoms with Crippen LogP contribution in [-0.2, 0) is 4.79 Å². The fourth-order valence-electron chi connectivity index (χ4n) is 2.74. The molecule has 0 saturated heterocycles. The van der Waals surface area contributed by atoms with Crippen LogP contribution >= 0.6 is 0 Å². The first-order valence-corrected chi connectivity index (χ1v) is 6.77. The van der Waals surface area contributed by atoms with Crippen molar-refractivity contribution in [3.05, 3.63) is 12.4 Å². The number of nitrogens with one attached hydrogen (secondary N) is 1. The molecule has 8 nitrogen and oxygen atoms in total. The summed E-state index contributed by atoms with van der Waals surface area (Å²) in [5.74, 6) is -0.504. The first-order valence-electron chi connectivity index (χ1n) is 6.77. The summed E-state index contributed by atoms with van der Waals surface area (Å²) in [5, 5.41) is 23.9. The molecule has 0 radical (unpaired) electrons. The van der Waals surface area contributed by atoms with E-state index in [9.17, 15) is 9.90 Å². The Kier molecular flexibility index (Phi) is 3.44. The fraction of sp³-hybridized carbons (Fsp3) is 0.583. The Morgan fingerprint density at radius 3 is 3.00 bits per heavy atom. The number of carboxylic acids is 1. The van der Waals surface area contributed by atoms with E-state index in [1.165, 1.54) is 4.52 Å². The van der Waals surface area contributed by atoms with Gasteiger partial charge in [0.25, 0.3) is 0 Å². The minimum Gasteiger partial charge on any atom is -0.481 e. The van der Waals surface area contributed by atoms with Crippen LogP contribution in [0.4, 0.5) is 5.82 Å². The normalized spacial score (nSPS) is 23.4. The van der Waals surface area contributed by atoms with Gasteiger partial charge in [-0.25, -0.2) is 0 Å². The van der Waals surface area contributed by atoms with E-state index in [-0.39, 0.29) is 12.0 Å². The molecule has 3 rings (SSSR count). The molecular weight excluding hydrogens is 260 g/mol. The van der Waals surface area contributed by atoms with Gasteiger partial charge in [-0.2, -0.15) is 4.52 Å². The van der Waals surface area contributed by atoms with Gasteiger partial charge < -0.3 is 10.4 Å². The van der Waals surface area contributed by atoms with Crippen LogP contribution in [0.5, 0.6) is 0 Å². The van der Waals surface area contributed by atoms with Gasteiger partial charge in [0.1, 0.15) is 0 Å². The Morgan fingerprint density at radius 1 is 1.30 bits per heavy atom. The highest BCUT2D eigenvalue weighted by atomic mass is 16.4. The molecule has 2 atom stereocenters. The standard InChI is InChI=1S/C12H16N6O2/c19-12(20)8-4-2-1-3-5-9(8)14-10-6-13-7-11-15-16-17-18(10)11/h6-9,14H,1-5H2,(H,19,20). The first-order chi connectivity index (χ1) is 9.75. The number of tetrazole rings is 1. The third-order valence-corrected chi connectivity index (χ3v) is 3.78. The van der Waals surface area contributed by atoms with Crippen molar-refractivity contribution in [2.45, 2.75) is 38.1 Å². The van der Waals surface area contributed by atoms with E-state index in [1.54, 1.807) is 12.4 Å². The first kappa shape index (κ1) is 12.8. The SMILES string of the molecule is O=C(O)C1CCCCCC1Nc1cncc2nnnn12. The van der Waals surface area contributed by atoms with Gasteiger partial charge >= 0.3 is 5.97 Å². The highest BCUT2D eigenvalue weighted by Gasteiger charge is 2.30. The molecule has 0 aliphatic heterocycles. The lowest BCUT2D eigenvalue weighted by Crippen LogP contribution is -2.34. The van der Waals surface area contributed by atoms with E-state index in [1.807, 2.05) is 0 Å². The molecular formula is C12H16N6O2. The van der Waals surface area contributed by atoms with Gasteiger partial charge in [0.05, 0.1) is 18.3 Å². The van der Waals surface area contributed by atoms with Crippen molar-refractivity contribution in [1.29, 1.82) is 0 Å². The third kappa shape index (κ3) is 2.40. The van der Waals surface area contributed by atoms with Crippen LogP contribution in [0, 0.1) is 5.92 Å². The van der Waals surface area contributed by atoms with Crippen LogP contribution in [0.3, 0.4) is 0 Å². The summed E-state index contributed by atoms with van der Waals surface area (Å²) >= 11 is 0. The van der Waals surface area contributed by atoms with E-state index in [0.29, 0.717) is 17.9 Å². The molecule has 2 aromatic rings. The Morgan fingerprint density at radius 2 is 2.15 bits per heavy atom. The molecule has 0 spiro atoms. The molecule has 1 saturated carbocycles. The summed E-state index contributed by atoms with van der Waals surface area (Å²) in [4.78, 5) is 15.5. The number of carbonyl (C=O) groups is 1. The number of fused-ring (bicyclic) bond motifs is 1. The van der Waals surface area contributed by atoms with Gasteiger partial charge in [-0.05, 0) is 23.3 Å². The maximum absolute atomic E-state index is 11.4. The largest absolute Gasteiger partial charge is 0.481 e. The van der Waals surface area contributed by atoms with Crippen molar-refractivity contribution in [2.75, 3.05) is 5.32 Å². The lowest BCUT2D eigenvalue weighted by Gasteiger charge is -2.23. The molecule has 2 unspecified atom stereocenters. The Hall–Kier alpha value is -2.25. The van der Waals surface area contributed by atoms with Gasteiger partial charge in [0.2, 0.25) is 0 Å². The topological polar surface area (TPSA) is 105 Å². The smallest absolute Gasteiger partial charge is 0.308 e. The molecule has 2 aromatic heterocycles. The second kappa shape index (κ2) is 5.40. The molecule has 2 heterocycles. The summed E-state index contributed by atoms with van der Waals surface area (Å²) in [5.41, 5.74) is 0.537. The number of anilines is 1. The molecule has 1 fully saturated rings. The number of hydrogen-bond donors (Lipinski definition) is 2. The van der Waals surface area contributed by atoms with E-state index >= 15 is 0 Å². The molecule has 106 valence electrons. The average Bonchev–Trinajstić information content (AvgIpc) is 2.79. The zero-order valence-electron chi connectivity index (χ0n) is 10.9. The Labute approximate surface area is 115 Å². The zero-order valence-corrected chi connectivity index (χ0v) is 10.9. The minimum atomic E-state index is -0.749. The Balaban J connectivity index is 1.87. The monoisotopic (exact) mass is 276 g/mol. The lowest BCUT2D eigenvalue weighted by atomic mass is 9.95. The van der Waals surface area contributed by atoms with E-state index in [4.69, 9.17) is 0 Å². The number of hydrogen-bond acceptors (Lipinski definition) is 6. The maximum atomic E-state index is 11.4. The maximum Gasteiger partial charge on any atom is 0.308 e. The number of nitrogens with zero attached hydrogens (tertiary/aromatic N) is 5. The van der Waals surface area contributed by atoms with Crippen LogP contribution in [0.1, 0.15) is 32.1 Å². The highest BCUT2D eigenvalue weighted by molar-refractivity contribution is 5.71. The van der Waals surface area contributed by atoms with Crippen molar-refractivity contribution >= 4 is 17.4 Å². The van der Waals surface area contributed by atoms with Crippen LogP contribution in [0.2, 0.25) is 0 Å². The van der Waals surface area contributed by atoms with Crippen LogP contribution in [-0.4, -0.2) is 42.1 Å². The summed E-state index contributed by atoms with van der Waals surface area (Å²) in [7, 11) is 0. The minimum absolute atomic E-state index is 0.119. The molecule has 20 heavy (non-hydrogen) atoms. The third-order valence-electron chi connectivity index (χ3n) is 3.78. The molecule has 0 amide bonds. The molecule has 0 aromatic carbocycles. The van der Waals surface area contributed by atoms with Crippen molar-refractivity contribution in [3.63, 3.8) is 0 Å². The van der Waals surface area contributed by atoms with Crippen LogP contribution < -0.4 is 5.32 Å². The Bertz CT molecular complexity index is 613. The highest BCUT2D eigenvalue weighted by Crippen LogP contribution is 2.26. The molecule has 0 bridgehead atoms. The predicted octanol–water partition coefficient (Wildman–Crippen LogP) is 0.965. The van der Waals surface area contributed by atoms with E-state index in [0.717, 1.165) is 25.7 Å². The lowest BCUT2D eigenvalue weighted by molar-refractivity contribution is -0.142. The number of aliphatic carboxylic acids is 1. The number of rotatable bonds is 3. The number of aromatic nitrogens is 5. The average molecular weight is 276 g/mol. The van der Waals surface area contributed by atoms with Gasteiger partial charge in [-0.15, -0.1) is 5.10 Å². The van der Waals surface area contributed by atoms with Gasteiger partial charge in [0, 0.05) is 6.04 Å². The molecule has 1 aliphatic carbocycles. The molecule has 2 N–H and O–H groups in total. The second-order valence-electron chi connectivity index (χ2n) is 5.07. The zero-order chi connectivity index (χ0) is 13.9. The van der Waals surface area contributed by atoms with Crippen LogP contribution in [0.25, 0.3) is 5.65 Å². The summed E-state index contributed by atoms with van der Waals surface area (Å²) in [6.45, 7) is 0. The molecule has 8 heteroatoms. The van der Waals surface area contributed by atoms with E-state index < -0.39 is 5.97 Å². The van der Waals surface area contributed by atoms with Gasteiger partial charge in [-0.1, -0.05) is 19.3 Å². The summed E-state index contributed by atoms with van der Waals surface area (Å²) < 4.78 is 1.54. The van der Waals surface area contributed by atoms with Crippen molar-refractivity contribution in [2.24, 2.45) is 5.92 Å².